The number of hydrogen-bond donors (Lipinski definition) is 1. The highest BCUT2D eigenvalue weighted by Gasteiger charge is 2.16. The summed E-state index contributed by atoms with van der Waals surface area (Å²) < 4.78 is 10.6. The Labute approximate surface area is 182 Å². The van der Waals surface area contributed by atoms with Crippen molar-refractivity contribution in [1.29, 1.82) is 0 Å². The summed E-state index contributed by atoms with van der Waals surface area (Å²) in [7, 11) is 3.06. The van der Waals surface area contributed by atoms with E-state index >= 15 is 0 Å². The van der Waals surface area contributed by atoms with Crippen LogP contribution >= 0.6 is 11.6 Å². The van der Waals surface area contributed by atoms with Gasteiger partial charge in [0.25, 0.3) is 0 Å². The summed E-state index contributed by atoms with van der Waals surface area (Å²) in [6.07, 6.45) is 0. The molecule has 5 nitrogen and oxygen atoms in total. The van der Waals surface area contributed by atoms with Crippen molar-refractivity contribution in [2.45, 2.75) is 13.1 Å². The Kier molecular flexibility index (Phi) is 7.71. The predicted molar refractivity (Wildman–Crippen MR) is 120 cm³/mol. The lowest BCUT2D eigenvalue weighted by Crippen LogP contribution is -2.32. The second-order valence-corrected chi connectivity index (χ2v) is 7.26. The van der Waals surface area contributed by atoms with Gasteiger partial charge in [-0.2, -0.15) is 0 Å². The normalized spacial score (nSPS) is 10.7. The molecule has 0 heterocycles. The molecule has 30 heavy (non-hydrogen) atoms. The molecule has 3 aromatic rings. The van der Waals surface area contributed by atoms with Crippen LogP contribution in [-0.4, -0.2) is 31.6 Å². The van der Waals surface area contributed by atoms with E-state index in [0.29, 0.717) is 35.3 Å². The van der Waals surface area contributed by atoms with E-state index in [-0.39, 0.29) is 12.5 Å². The first-order chi connectivity index (χ1) is 14.6. The molecular weight excluding hydrogens is 400 g/mol. The molecule has 0 saturated heterocycles. The number of halogens is 1. The number of methoxy groups -OCH3 is 2. The third-order valence-electron chi connectivity index (χ3n) is 4.61. The van der Waals surface area contributed by atoms with Gasteiger partial charge in [0.15, 0.2) is 0 Å². The van der Waals surface area contributed by atoms with Crippen LogP contribution in [-0.2, 0) is 17.9 Å². The van der Waals surface area contributed by atoms with Gasteiger partial charge in [-0.3, -0.25) is 9.69 Å². The van der Waals surface area contributed by atoms with Gasteiger partial charge in [-0.1, -0.05) is 72.3 Å². The van der Waals surface area contributed by atoms with Crippen molar-refractivity contribution in [3.63, 3.8) is 0 Å². The van der Waals surface area contributed by atoms with Crippen molar-refractivity contribution < 1.29 is 14.3 Å². The zero-order valence-corrected chi connectivity index (χ0v) is 17.9. The molecule has 0 fully saturated rings. The topological polar surface area (TPSA) is 50.8 Å². The summed E-state index contributed by atoms with van der Waals surface area (Å²) in [4.78, 5) is 15.0. The van der Waals surface area contributed by atoms with Crippen molar-refractivity contribution in [3.05, 3.63) is 88.9 Å². The van der Waals surface area contributed by atoms with Crippen molar-refractivity contribution in [1.82, 2.24) is 4.90 Å². The highest BCUT2D eigenvalue weighted by atomic mass is 35.5. The summed E-state index contributed by atoms with van der Waals surface area (Å²) >= 11 is 6.16. The minimum absolute atomic E-state index is 0.149. The van der Waals surface area contributed by atoms with E-state index in [4.69, 9.17) is 21.1 Å². The summed E-state index contributed by atoms with van der Waals surface area (Å²) in [5.74, 6) is 0.801. The monoisotopic (exact) mass is 424 g/mol. The summed E-state index contributed by atoms with van der Waals surface area (Å²) in [5, 5.41) is 3.34. The van der Waals surface area contributed by atoms with E-state index < -0.39 is 0 Å². The number of carbonyl (C=O) groups is 1. The molecule has 6 heteroatoms. The molecule has 3 aromatic carbocycles. The van der Waals surface area contributed by atoms with Crippen molar-refractivity contribution in [2.24, 2.45) is 0 Å². The van der Waals surface area contributed by atoms with Gasteiger partial charge in [-0.15, -0.1) is 0 Å². The van der Waals surface area contributed by atoms with Crippen molar-refractivity contribution in [3.8, 4) is 11.5 Å². The third kappa shape index (κ3) is 5.99. The Balaban J connectivity index is 1.75. The molecule has 0 radical (unpaired) electrons. The van der Waals surface area contributed by atoms with Crippen LogP contribution in [0.1, 0.15) is 11.1 Å². The fraction of sp³-hybridized carbons (Fsp3) is 0.208. The van der Waals surface area contributed by atoms with Crippen LogP contribution in [0.25, 0.3) is 0 Å². The van der Waals surface area contributed by atoms with Crippen LogP contribution in [0.4, 0.5) is 5.69 Å². The standard InChI is InChI=1S/C24H25ClN2O3/c1-29-22-14-21(23(30-2)13-20(22)25)26-24(28)17-27(15-18-9-5-3-6-10-18)16-19-11-7-4-8-12-19/h3-14H,15-17H2,1-2H3,(H,26,28). The Bertz CT molecular complexity index is 923. The molecule has 1 N–H and O–H groups in total. The van der Waals surface area contributed by atoms with E-state index in [0.717, 1.165) is 11.1 Å². The van der Waals surface area contributed by atoms with Gasteiger partial charge in [0.1, 0.15) is 11.5 Å². The van der Waals surface area contributed by atoms with Crippen LogP contribution in [0, 0.1) is 0 Å². The van der Waals surface area contributed by atoms with E-state index in [1.165, 1.54) is 14.2 Å². The molecule has 3 rings (SSSR count). The maximum atomic E-state index is 12.9. The van der Waals surface area contributed by atoms with Gasteiger partial charge in [0, 0.05) is 25.2 Å². The minimum atomic E-state index is -0.149. The smallest absolute Gasteiger partial charge is 0.238 e. The minimum Gasteiger partial charge on any atom is -0.495 e. The van der Waals surface area contributed by atoms with Gasteiger partial charge in [-0.25, -0.2) is 0 Å². The first-order valence-corrected chi connectivity index (χ1v) is 9.98. The highest BCUT2D eigenvalue weighted by Crippen LogP contribution is 2.35. The number of anilines is 1. The van der Waals surface area contributed by atoms with Gasteiger partial charge >= 0.3 is 0 Å². The summed E-state index contributed by atoms with van der Waals surface area (Å²) in [6.45, 7) is 1.53. The Morgan fingerprint density at radius 3 is 1.90 bits per heavy atom. The summed E-state index contributed by atoms with van der Waals surface area (Å²) in [6, 6.07) is 23.5. The first-order valence-electron chi connectivity index (χ1n) is 9.60. The lowest BCUT2D eigenvalue weighted by atomic mass is 10.1. The lowest BCUT2D eigenvalue weighted by Gasteiger charge is -2.22. The fourth-order valence-corrected chi connectivity index (χ4v) is 3.43. The molecule has 1 amide bonds. The Morgan fingerprint density at radius 1 is 0.867 bits per heavy atom. The second kappa shape index (κ2) is 10.7. The Hall–Kier alpha value is -3.02. The number of benzene rings is 3. The van der Waals surface area contributed by atoms with Crippen LogP contribution in [0.3, 0.4) is 0 Å². The number of carbonyl (C=O) groups excluding carboxylic acids is 1. The zero-order valence-electron chi connectivity index (χ0n) is 17.1. The van der Waals surface area contributed by atoms with E-state index in [1.54, 1.807) is 12.1 Å². The molecule has 156 valence electrons. The van der Waals surface area contributed by atoms with E-state index in [9.17, 15) is 4.79 Å². The predicted octanol–water partition coefficient (Wildman–Crippen LogP) is 5.00. The molecule has 0 atom stereocenters. The number of amides is 1. The average Bonchev–Trinajstić information content (AvgIpc) is 2.76. The number of ether oxygens (including phenoxy) is 2. The molecule has 0 saturated carbocycles. The largest absolute Gasteiger partial charge is 0.495 e. The first kappa shape index (κ1) is 21.7. The SMILES string of the molecule is COc1cc(NC(=O)CN(Cc2ccccc2)Cc2ccccc2)c(OC)cc1Cl. The lowest BCUT2D eigenvalue weighted by molar-refractivity contribution is -0.117. The maximum Gasteiger partial charge on any atom is 0.238 e. The van der Waals surface area contributed by atoms with Crippen LogP contribution in [0.2, 0.25) is 5.02 Å². The van der Waals surface area contributed by atoms with Crippen molar-refractivity contribution >= 4 is 23.2 Å². The van der Waals surface area contributed by atoms with Crippen LogP contribution < -0.4 is 14.8 Å². The molecule has 0 aliphatic heterocycles. The molecule has 0 aliphatic rings. The van der Waals surface area contributed by atoms with Crippen LogP contribution in [0.5, 0.6) is 11.5 Å². The summed E-state index contributed by atoms with van der Waals surface area (Å²) in [5.41, 5.74) is 2.81. The maximum absolute atomic E-state index is 12.9. The zero-order chi connectivity index (χ0) is 21.3. The number of rotatable bonds is 9. The second-order valence-electron chi connectivity index (χ2n) is 6.85. The van der Waals surface area contributed by atoms with Crippen LogP contribution in [0.15, 0.2) is 72.8 Å². The molecule has 0 aromatic heterocycles. The van der Waals surface area contributed by atoms with Gasteiger partial charge in [0.2, 0.25) is 5.91 Å². The molecular formula is C24H25ClN2O3. The average molecular weight is 425 g/mol. The quantitative estimate of drug-likeness (QED) is 0.525. The molecule has 0 unspecified atom stereocenters. The van der Waals surface area contributed by atoms with Crippen molar-refractivity contribution in [2.75, 3.05) is 26.1 Å². The third-order valence-corrected chi connectivity index (χ3v) is 4.91. The number of nitrogens with one attached hydrogen (secondary N) is 1. The number of nitrogens with zero attached hydrogens (tertiary/aromatic N) is 1. The van der Waals surface area contributed by atoms with Gasteiger partial charge in [0.05, 0.1) is 31.5 Å². The fourth-order valence-electron chi connectivity index (χ4n) is 3.20. The van der Waals surface area contributed by atoms with Gasteiger partial charge < -0.3 is 14.8 Å². The van der Waals surface area contributed by atoms with E-state index in [2.05, 4.69) is 34.5 Å². The number of hydrogen-bond acceptors (Lipinski definition) is 4. The molecule has 0 bridgehead atoms. The van der Waals surface area contributed by atoms with E-state index in [1.807, 2.05) is 36.4 Å². The Morgan fingerprint density at radius 2 is 1.40 bits per heavy atom. The molecule has 0 spiro atoms. The highest BCUT2D eigenvalue weighted by molar-refractivity contribution is 6.32. The van der Waals surface area contributed by atoms with Gasteiger partial charge in [-0.05, 0) is 11.1 Å². The molecule has 0 aliphatic carbocycles.